The summed E-state index contributed by atoms with van der Waals surface area (Å²) in [5, 5.41) is 10.7. The molecular formula is C21H22ClNO. The number of fused-ring (bicyclic) bond motifs is 8. The fourth-order valence-corrected chi connectivity index (χ4v) is 5.45. The number of likely N-dealkylation sites (tertiary alicyclic amines) is 1. The van der Waals surface area contributed by atoms with Gasteiger partial charge in [-0.1, -0.05) is 41.9 Å². The zero-order valence-corrected chi connectivity index (χ0v) is 14.5. The molecule has 1 N–H and O–H groups in total. The molecule has 2 aliphatic carbocycles. The number of piperidine rings is 1. The van der Waals surface area contributed by atoms with Gasteiger partial charge in [-0.2, -0.15) is 0 Å². The minimum absolute atomic E-state index is 0.0732. The van der Waals surface area contributed by atoms with Crippen molar-refractivity contribution in [2.24, 2.45) is 0 Å². The molecule has 1 fully saturated rings. The van der Waals surface area contributed by atoms with E-state index in [0.717, 1.165) is 37.5 Å². The van der Waals surface area contributed by atoms with E-state index in [-0.39, 0.29) is 11.5 Å². The molecule has 0 saturated carbocycles. The van der Waals surface area contributed by atoms with Gasteiger partial charge in [-0.25, -0.2) is 0 Å². The maximum atomic E-state index is 9.83. The number of rotatable bonds is 2. The summed E-state index contributed by atoms with van der Waals surface area (Å²) in [6.45, 7) is 3.03. The lowest BCUT2D eigenvalue weighted by atomic mass is 9.74. The fraction of sp³-hybridized carbons (Fsp3) is 0.429. The molecule has 2 nitrogen and oxygen atoms in total. The summed E-state index contributed by atoms with van der Waals surface area (Å²) < 4.78 is 0. The molecule has 2 unspecified atom stereocenters. The molecule has 0 aromatic heterocycles. The van der Waals surface area contributed by atoms with E-state index in [9.17, 15) is 5.11 Å². The zero-order chi connectivity index (χ0) is 16.3. The number of halogens is 1. The van der Waals surface area contributed by atoms with Gasteiger partial charge in [-0.3, -0.25) is 0 Å². The second-order valence-corrected chi connectivity index (χ2v) is 8.10. The zero-order valence-electron chi connectivity index (χ0n) is 13.7. The Balaban J connectivity index is 1.60. The van der Waals surface area contributed by atoms with Crippen LogP contribution in [0.2, 0.25) is 5.02 Å². The molecule has 1 saturated heterocycles. The largest absolute Gasteiger partial charge is 0.393 e. The first-order valence-corrected chi connectivity index (χ1v) is 9.35. The lowest BCUT2D eigenvalue weighted by Crippen LogP contribution is -2.44. The normalized spacial score (nSPS) is 28.8. The van der Waals surface area contributed by atoms with E-state index in [1.54, 1.807) is 0 Å². The van der Waals surface area contributed by atoms with Crippen molar-refractivity contribution in [2.75, 3.05) is 19.6 Å². The van der Waals surface area contributed by atoms with Crippen molar-refractivity contribution in [3.63, 3.8) is 0 Å². The lowest BCUT2D eigenvalue weighted by Gasteiger charge is -2.39. The van der Waals surface area contributed by atoms with Crippen LogP contribution in [0.5, 0.6) is 0 Å². The van der Waals surface area contributed by atoms with Gasteiger partial charge in [0.05, 0.1) is 6.10 Å². The minimum Gasteiger partial charge on any atom is -0.393 e. The van der Waals surface area contributed by atoms with E-state index in [1.165, 1.54) is 28.7 Å². The molecule has 3 aliphatic rings. The highest BCUT2D eigenvalue weighted by atomic mass is 35.5. The van der Waals surface area contributed by atoms with Gasteiger partial charge in [0.15, 0.2) is 0 Å². The number of hydrogen-bond acceptors (Lipinski definition) is 2. The molecule has 2 bridgehead atoms. The number of nitrogens with zero attached hydrogens (tertiary/aromatic N) is 1. The molecule has 5 rings (SSSR count). The van der Waals surface area contributed by atoms with Crippen LogP contribution < -0.4 is 0 Å². The summed E-state index contributed by atoms with van der Waals surface area (Å²) in [6, 6.07) is 15.4. The summed E-state index contributed by atoms with van der Waals surface area (Å²) >= 11 is 6.36. The van der Waals surface area contributed by atoms with Gasteiger partial charge in [0.2, 0.25) is 0 Å². The number of aliphatic hydroxyl groups excluding tert-OH is 1. The molecule has 1 heterocycles. The molecule has 3 heteroatoms. The number of hydrogen-bond donors (Lipinski definition) is 1. The summed E-state index contributed by atoms with van der Waals surface area (Å²) in [5.41, 5.74) is 5.98. The summed E-state index contributed by atoms with van der Waals surface area (Å²) in [7, 11) is 0. The molecule has 2 atom stereocenters. The Bertz CT molecular complexity index is 796. The van der Waals surface area contributed by atoms with Gasteiger partial charge in [0, 0.05) is 36.0 Å². The summed E-state index contributed by atoms with van der Waals surface area (Å²) in [6.07, 6.45) is 2.83. The molecule has 24 heavy (non-hydrogen) atoms. The molecule has 1 aliphatic heterocycles. The Morgan fingerprint density at radius 1 is 1.04 bits per heavy atom. The standard InChI is InChI=1S/C21H22ClNO/c22-14-5-6-17-18-12-21(20(17)11-14,19-4-2-1-3-16(18)19)13-23-9-7-15(24)8-10-23/h1-6,11,15,18,24H,7-10,12-13H2. The van der Waals surface area contributed by atoms with Crippen LogP contribution in [0.4, 0.5) is 0 Å². The van der Waals surface area contributed by atoms with Crippen molar-refractivity contribution in [3.05, 3.63) is 69.7 Å². The van der Waals surface area contributed by atoms with Gasteiger partial charge in [0.1, 0.15) is 0 Å². The summed E-state index contributed by atoms with van der Waals surface area (Å²) in [4.78, 5) is 2.54. The van der Waals surface area contributed by atoms with Gasteiger partial charge in [0.25, 0.3) is 0 Å². The Morgan fingerprint density at radius 2 is 1.79 bits per heavy atom. The second kappa shape index (κ2) is 5.32. The molecule has 2 aromatic rings. The lowest BCUT2D eigenvalue weighted by molar-refractivity contribution is 0.0743. The van der Waals surface area contributed by atoms with Crippen molar-refractivity contribution >= 4 is 11.6 Å². The highest BCUT2D eigenvalue weighted by Gasteiger charge is 2.53. The maximum absolute atomic E-state index is 9.83. The van der Waals surface area contributed by atoms with Gasteiger partial charge >= 0.3 is 0 Å². The molecule has 0 spiro atoms. The predicted molar refractivity (Wildman–Crippen MR) is 96.8 cm³/mol. The molecular weight excluding hydrogens is 318 g/mol. The number of aliphatic hydroxyl groups is 1. The average Bonchev–Trinajstić information content (AvgIpc) is 3.09. The van der Waals surface area contributed by atoms with Crippen LogP contribution in [-0.2, 0) is 5.41 Å². The Labute approximate surface area is 148 Å². The second-order valence-electron chi connectivity index (χ2n) is 7.66. The monoisotopic (exact) mass is 339 g/mol. The van der Waals surface area contributed by atoms with E-state index in [0.29, 0.717) is 5.92 Å². The molecule has 2 aromatic carbocycles. The first kappa shape index (κ1) is 14.9. The van der Waals surface area contributed by atoms with Crippen molar-refractivity contribution in [2.45, 2.75) is 36.7 Å². The van der Waals surface area contributed by atoms with Crippen LogP contribution in [0, 0.1) is 0 Å². The van der Waals surface area contributed by atoms with Gasteiger partial charge in [-0.15, -0.1) is 0 Å². The third-order valence-corrected chi connectivity index (χ3v) is 6.60. The van der Waals surface area contributed by atoms with Crippen LogP contribution in [0.15, 0.2) is 42.5 Å². The van der Waals surface area contributed by atoms with E-state index in [1.807, 2.05) is 6.07 Å². The predicted octanol–water partition coefficient (Wildman–Crippen LogP) is 3.93. The quantitative estimate of drug-likeness (QED) is 0.896. The molecule has 0 radical (unpaired) electrons. The minimum atomic E-state index is -0.118. The average molecular weight is 340 g/mol. The SMILES string of the molecule is OC1CCN(CC23CC(c4ccccc42)c2ccc(Cl)cc23)CC1. The summed E-state index contributed by atoms with van der Waals surface area (Å²) in [5.74, 6) is 0.517. The van der Waals surface area contributed by atoms with E-state index in [2.05, 4.69) is 41.3 Å². The highest BCUT2D eigenvalue weighted by molar-refractivity contribution is 6.30. The first-order chi connectivity index (χ1) is 11.7. The van der Waals surface area contributed by atoms with E-state index >= 15 is 0 Å². The van der Waals surface area contributed by atoms with Crippen LogP contribution >= 0.6 is 11.6 Å². The topological polar surface area (TPSA) is 23.5 Å². The fourth-order valence-electron chi connectivity index (χ4n) is 5.28. The third-order valence-electron chi connectivity index (χ3n) is 6.36. The molecule has 0 amide bonds. The van der Waals surface area contributed by atoms with Crippen molar-refractivity contribution < 1.29 is 5.11 Å². The van der Waals surface area contributed by atoms with E-state index < -0.39 is 0 Å². The van der Waals surface area contributed by atoms with Gasteiger partial charge in [-0.05, 0) is 53.6 Å². The Hall–Kier alpha value is -1.35. The van der Waals surface area contributed by atoms with Crippen LogP contribution in [-0.4, -0.2) is 35.7 Å². The highest BCUT2D eigenvalue weighted by Crippen LogP contribution is 2.60. The maximum Gasteiger partial charge on any atom is 0.0564 e. The van der Waals surface area contributed by atoms with Crippen LogP contribution in [0.25, 0.3) is 0 Å². The smallest absolute Gasteiger partial charge is 0.0564 e. The Morgan fingerprint density at radius 3 is 2.62 bits per heavy atom. The van der Waals surface area contributed by atoms with Crippen LogP contribution in [0.3, 0.4) is 0 Å². The first-order valence-electron chi connectivity index (χ1n) is 8.97. The Kier molecular flexibility index (Phi) is 3.31. The molecule has 124 valence electrons. The van der Waals surface area contributed by atoms with Crippen molar-refractivity contribution in [1.29, 1.82) is 0 Å². The third kappa shape index (κ3) is 2.03. The van der Waals surface area contributed by atoms with Crippen molar-refractivity contribution in [1.82, 2.24) is 4.90 Å². The van der Waals surface area contributed by atoms with Crippen LogP contribution in [0.1, 0.15) is 47.4 Å². The van der Waals surface area contributed by atoms with E-state index in [4.69, 9.17) is 11.6 Å². The number of benzene rings is 2. The van der Waals surface area contributed by atoms with Gasteiger partial charge < -0.3 is 10.0 Å². The van der Waals surface area contributed by atoms with Crippen molar-refractivity contribution in [3.8, 4) is 0 Å².